The number of benzene rings is 1. The number of carbonyl (C=O) groups is 2. The Morgan fingerprint density at radius 3 is 2.06 bits per heavy atom. The average Bonchev–Trinajstić information content (AvgIpc) is 2.20. The highest BCUT2D eigenvalue weighted by atomic mass is 16.2. The molecule has 0 saturated heterocycles. The standard InChI is InChI=1S/C11H13N3O2/c1-2-3-10(15)13-8-4-6-9(7-5-8)14-11(12)16/h2-7H,1H3,(H,13,15)(H3,12,14,16). The Morgan fingerprint density at radius 2 is 1.62 bits per heavy atom. The summed E-state index contributed by atoms with van der Waals surface area (Å²) in [6, 6.07) is 6.02. The number of anilines is 2. The molecule has 1 rings (SSSR count). The van der Waals surface area contributed by atoms with Crippen LogP contribution in [0.5, 0.6) is 0 Å². The van der Waals surface area contributed by atoms with Gasteiger partial charge in [0.15, 0.2) is 0 Å². The fourth-order valence-corrected chi connectivity index (χ4v) is 1.11. The summed E-state index contributed by atoms with van der Waals surface area (Å²) < 4.78 is 0. The van der Waals surface area contributed by atoms with Crippen molar-refractivity contribution in [2.45, 2.75) is 6.92 Å². The second kappa shape index (κ2) is 5.55. The van der Waals surface area contributed by atoms with Crippen molar-refractivity contribution in [1.82, 2.24) is 0 Å². The number of hydrogen-bond donors (Lipinski definition) is 3. The van der Waals surface area contributed by atoms with E-state index in [-0.39, 0.29) is 5.91 Å². The molecule has 4 N–H and O–H groups in total. The largest absolute Gasteiger partial charge is 0.351 e. The molecule has 0 aromatic heterocycles. The third kappa shape index (κ3) is 3.83. The van der Waals surface area contributed by atoms with Gasteiger partial charge in [-0.2, -0.15) is 0 Å². The zero-order valence-corrected chi connectivity index (χ0v) is 8.86. The maximum Gasteiger partial charge on any atom is 0.316 e. The van der Waals surface area contributed by atoms with Gasteiger partial charge in [0, 0.05) is 11.4 Å². The molecular formula is C11H13N3O2. The van der Waals surface area contributed by atoms with E-state index < -0.39 is 6.03 Å². The van der Waals surface area contributed by atoms with Crippen molar-refractivity contribution in [1.29, 1.82) is 0 Å². The minimum Gasteiger partial charge on any atom is -0.351 e. The van der Waals surface area contributed by atoms with Gasteiger partial charge in [-0.15, -0.1) is 0 Å². The number of amides is 3. The van der Waals surface area contributed by atoms with E-state index >= 15 is 0 Å². The first-order valence-electron chi connectivity index (χ1n) is 4.72. The maximum atomic E-state index is 11.2. The molecule has 0 heterocycles. The molecule has 16 heavy (non-hydrogen) atoms. The predicted molar refractivity (Wildman–Crippen MR) is 63.1 cm³/mol. The zero-order chi connectivity index (χ0) is 12.0. The minimum atomic E-state index is -0.620. The van der Waals surface area contributed by atoms with Crippen LogP contribution in [0.1, 0.15) is 6.92 Å². The third-order valence-electron chi connectivity index (χ3n) is 1.74. The Hall–Kier alpha value is -2.30. The maximum absolute atomic E-state index is 11.2. The van der Waals surface area contributed by atoms with E-state index in [0.29, 0.717) is 11.4 Å². The van der Waals surface area contributed by atoms with Gasteiger partial charge in [0.2, 0.25) is 5.91 Å². The summed E-state index contributed by atoms with van der Waals surface area (Å²) in [6.07, 6.45) is 3.08. The molecule has 1 aromatic carbocycles. The number of nitrogens with one attached hydrogen (secondary N) is 2. The van der Waals surface area contributed by atoms with E-state index in [0.717, 1.165) is 0 Å². The molecule has 0 radical (unpaired) electrons. The van der Waals surface area contributed by atoms with Crippen LogP contribution in [0.25, 0.3) is 0 Å². The quantitative estimate of drug-likeness (QED) is 0.676. The summed E-state index contributed by atoms with van der Waals surface area (Å²) in [5, 5.41) is 5.08. The smallest absolute Gasteiger partial charge is 0.316 e. The fourth-order valence-electron chi connectivity index (χ4n) is 1.11. The molecule has 0 saturated carbocycles. The molecule has 0 atom stereocenters. The summed E-state index contributed by atoms with van der Waals surface area (Å²) in [5.41, 5.74) is 6.19. The van der Waals surface area contributed by atoms with E-state index in [9.17, 15) is 9.59 Å². The van der Waals surface area contributed by atoms with Gasteiger partial charge in [0.25, 0.3) is 0 Å². The van der Waals surface area contributed by atoms with Gasteiger partial charge in [0.05, 0.1) is 0 Å². The average molecular weight is 219 g/mol. The fraction of sp³-hybridized carbons (Fsp3) is 0.0909. The van der Waals surface area contributed by atoms with Crippen molar-refractivity contribution < 1.29 is 9.59 Å². The highest BCUT2D eigenvalue weighted by molar-refractivity contribution is 5.99. The Labute approximate surface area is 93.3 Å². The molecule has 0 spiro atoms. The van der Waals surface area contributed by atoms with Crippen LogP contribution in [0.3, 0.4) is 0 Å². The van der Waals surface area contributed by atoms with Crippen molar-refractivity contribution in [3.8, 4) is 0 Å². The van der Waals surface area contributed by atoms with Gasteiger partial charge in [-0.3, -0.25) is 4.79 Å². The molecule has 0 fully saturated rings. The molecule has 0 unspecified atom stereocenters. The first kappa shape index (κ1) is 11.8. The molecule has 0 bridgehead atoms. The van der Waals surface area contributed by atoms with E-state index in [1.807, 2.05) is 0 Å². The monoisotopic (exact) mass is 219 g/mol. The van der Waals surface area contributed by atoms with Gasteiger partial charge >= 0.3 is 6.03 Å². The summed E-state index contributed by atoms with van der Waals surface area (Å²) in [7, 11) is 0. The molecule has 84 valence electrons. The molecule has 0 aliphatic rings. The van der Waals surface area contributed by atoms with Crippen molar-refractivity contribution in [2.24, 2.45) is 5.73 Å². The van der Waals surface area contributed by atoms with E-state index in [2.05, 4.69) is 10.6 Å². The molecule has 0 aliphatic heterocycles. The highest BCUT2D eigenvalue weighted by Gasteiger charge is 1.98. The number of urea groups is 1. The summed E-state index contributed by atoms with van der Waals surface area (Å²) >= 11 is 0. The molecular weight excluding hydrogens is 206 g/mol. The zero-order valence-electron chi connectivity index (χ0n) is 8.86. The van der Waals surface area contributed by atoms with Crippen LogP contribution in [0, 0.1) is 0 Å². The van der Waals surface area contributed by atoms with E-state index in [4.69, 9.17) is 5.73 Å². The van der Waals surface area contributed by atoms with Crippen LogP contribution in [0.4, 0.5) is 16.2 Å². The number of allylic oxidation sites excluding steroid dienone is 1. The number of primary amides is 1. The van der Waals surface area contributed by atoms with Gasteiger partial charge in [-0.05, 0) is 37.3 Å². The van der Waals surface area contributed by atoms with Gasteiger partial charge < -0.3 is 16.4 Å². The van der Waals surface area contributed by atoms with E-state index in [1.165, 1.54) is 6.08 Å². The lowest BCUT2D eigenvalue weighted by Crippen LogP contribution is -2.19. The van der Waals surface area contributed by atoms with Crippen LogP contribution >= 0.6 is 0 Å². The molecule has 5 nitrogen and oxygen atoms in total. The van der Waals surface area contributed by atoms with E-state index in [1.54, 1.807) is 37.3 Å². The van der Waals surface area contributed by atoms with Gasteiger partial charge in [-0.25, -0.2) is 4.79 Å². The van der Waals surface area contributed by atoms with Gasteiger partial charge in [0.1, 0.15) is 0 Å². The Bertz CT molecular complexity index is 410. The van der Waals surface area contributed by atoms with Crippen LogP contribution in [0.2, 0.25) is 0 Å². The third-order valence-corrected chi connectivity index (χ3v) is 1.74. The van der Waals surface area contributed by atoms with Crippen molar-refractivity contribution in [2.75, 3.05) is 10.6 Å². The summed E-state index contributed by atoms with van der Waals surface area (Å²) in [4.78, 5) is 21.7. The van der Waals surface area contributed by atoms with Crippen LogP contribution in [-0.2, 0) is 4.79 Å². The topological polar surface area (TPSA) is 84.2 Å². The Kier molecular flexibility index (Phi) is 4.08. The number of hydrogen-bond acceptors (Lipinski definition) is 2. The number of carbonyl (C=O) groups excluding carboxylic acids is 2. The number of nitrogens with two attached hydrogens (primary N) is 1. The lowest BCUT2D eigenvalue weighted by Gasteiger charge is -2.04. The van der Waals surface area contributed by atoms with Crippen molar-refractivity contribution in [3.05, 3.63) is 36.4 Å². The molecule has 3 amide bonds. The number of rotatable bonds is 3. The first-order chi connectivity index (χ1) is 7.61. The normalized spacial score (nSPS) is 10.1. The SMILES string of the molecule is CC=CC(=O)Nc1ccc(NC(N)=O)cc1. The predicted octanol–water partition coefficient (Wildman–Crippen LogP) is 1.69. The Morgan fingerprint density at radius 1 is 1.12 bits per heavy atom. The lowest BCUT2D eigenvalue weighted by atomic mass is 10.3. The summed E-state index contributed by atoms with van der Waals surface area (Å²) in [6.45, 7) is 1.76. The van der Waals surface area contributed by atoms with Gasteiger partial charge in [-0.1, -0.05) is 6.08 Å². The second-order valence-electron chi connectivity index (χ2n) is 3.06. The van der Waals surface area contributed by atoms with Crippen LogP contribution < -0.4 is 16.4 Å². The first-order valence-corrected chi connectivity index (χ1v) is 4.72. The van der Waals surface area contributed by atoms with Crippen molar-refractivity contribution in [3.63, 3.8) is 0 Å². The summed E-state index contributed by atoms with van der Waals surface area (Å²) in [5.74, 6) is -0.196. The minimum absolute atomic E-state index is 0.196. The Balaban J connectivity index is 2.64. The highest BCUT2D eigenvalue weighted by Crippen LogP contribution is 2.13. The molecule has 1 aromatic rings. The molecule has 5 heteroatoms. The van der Waals surface area contributed by atoms with Crippen molar-refractivity contribution >= 4 is 23.3 Å². The van der Waals surface area contributed by atoms with Crippen LogP contribution in [0.15, 0.2) is 36.4 Å². The molecule has 0 aliphatic carbocycles. The lowest BCUT2D eigenvalue weighted by molar-refractivity contribution is -0.111. The second-order valence-corrected chi connectivity index (χ2v) is 3.06. The van der Waals surface area contributed by atoms with Crippen LogP contribution in [-0.4, -0.2) is 11.9 Å².